The number of nitrogens with zero attached hydrogens (tertiary/aromatic N) is 3. The lowest BCUT2D eigenvalue weighted by Crippen LogP contribution is -2.07. The molecule has 0 atom stereocenters. The van der Waals surface area contributed by atoms with Crippen molar-refractivity contribution >= 4 is 33.5 Å². The highest BCUT2D eigenvalue weighted by Gasteiger charge is 2.38. The molecule has 9 heteroatoms. The van der Waals surface area contributed by atoms with E-state index in [1.165, 1.54) is 6.07 Å². The van der Waals surface area contributed by atoms with Crippen LogP contribution in [0.2, 0.25) is 0 Å². The molecular weight excluding hydrogens is 444 g/mol. The van der Waals surface area contributed by atoms with Gasteiger partial charge >= 0.3 is 6.18 Å². The van der Waals surface area contributed by atoms with Gasteiger partial charge in [0.2, 0.25) is 0 Å². The molecule has 0 N–H and O–H groups in total. The van der Waals surface area contributed by atoms with Crippen molar-refractivity contribution in [3.8, 4) is 11.8 Å². The number of aromatic nitrogens is 2. The third kappa shape index (κ3) is 2.60. The Morgan fingerprint density at radius 2 is 1.83 bits per heavy atom. The fourth-order valence-corrected chi connectivity index (χ4v) is 2.70. The summed E-state index contributed by atoms with van der Waals surface area (Å²) in [6.45, 7) is 0. The Kier molecular flexibility index (Phi) is 3.95. The van der Waals surface area contributed by atoms with Gasteiger partial charge in [-0.2, -0.15) is 23.5 Å². The van der Waals surface area contributed by atoms with Crippen molar-refractivity contribution in [2.24, 2.45) is 0 Å². The van der Waals surface area contributed by atoms with E-state index in [1.807, 2.05) is 0 Å². The summed E-state index contributed by atoms with van der Waals surface area (Å²) in [7, 11) is 0. The third-order valence-electron chi connectivity index (χ3n) is 3.32. The summed E-state index contributed by atoms with van der Waals surface area (Å²) in [5, 5.41) is 11.9. The van der Waals surface area contributed by atoms with Crippen LogP contribution in [0.3, 0.4) is 0 Å². The van der Waals surface area contributed by atoms with E-state index in [4.69, 9.17) is 5.26 Å². The first-order chi connectivity index (χ1) is 11.2. The summed E-state index contributed by atoms with van der Waals surface area (Å²) >= 11 is 1.65. The van der Waals surface area contributed by atoms with E-state index in [1.54, 1.807) is 28.7 Å². The van der Waals surface area contributed by atoms with Crippen LogP contribution in [-0.2, 0) is 6.18 Å². The van der Waals surface area contributed by atoms with E-state index in [-0.39, 0.29) is 20.3 Å². The van der Waals surface area contributed by atoms with Gasteiger partial charge in [-0.05, 0) is 52.9 Å². The number of halogens is 6. The largest absolute Gasteiger partial charge is 0.435 e. The molecule has 0 spiro atoms. The Hall–Kier alpha value is -2.22. The topological polar surface area (TPSA) is 41.6 Å². The molecule has 0 aliphatic rings. The summed E-state index contributed by atoms with van der Waals surface area (Å²) in [6.07, 6.45) is -4.79. The minimum Gasteiger partial charge on any atom is -0.229 e. The Labute approximate surface area is 145 Å². The second-order valence-electron chi connectivity index (χ2n) is 4.79. The molecule has 0 amide bonds. The van der Waals surface area contributed by atoms with E-state index in [0.717, 1.165) is 28.9 Å². The highest BCUT2D eigenvalue weighted by atomic mass is 127. The van der Waals surface area contributed by atoms with Gasteiger partial charge in [-0.15, -0.1) is 0 Å². The van der Waals surface area contributed by atoms with E-state index < -0.39 is 28.9 Å². The number of nitriles is 1. The highest BCUT2D eigenvalue weighted by molar-refractivity contribution is 14.1. The molecule has 0 aliphatic carbocycles. The molecule has 0 fully saturated rings. The van der Waals surface area contributed by atoms with Crippen LogP contribution in [0.4, 0.5) is 22.0 Å². The van der Waals surface area contributed by atoms with Crippen molar-refractivity contribution in [1.29, 1.82) is 5.26 Å². The molecule has 1 heterocycles. The van der Waals surface area contributed by atoms with Crippen LogP contribution in [0, 0.1) is 26.5 Å². The van der Waals surface area contributed by atoms with Crippen molar-refractivity contribution in [3.05, 3.63) is 56.8 Å². The Morgan fingerprint density at radius 1 is 1.12 bits per heavy atom. The molecule has 0 aliphatic heterocycles. The molecule has 0 saturated carbocycles. The Balaban J connectivity index is 2.41. The SMILES string of the molecule is N#Cc1cc(-n2nc(C(F)(F)F)c3ccc(I)c(F)c32)ccc1F. The molecule has 3 rings (SSSR count). The van der Waals surface area contributed by atoms with Crippen molar-refractivity contribution in [3.63, 3.8) is 0 Å². The average Bonchev–Trinajstić information content (AvgIpc) is 2.92. The smallest absolute Gasteiger partial charge is 0.229 e. The Morgan fingerprint density at radius 3 is 2.46 bits per heavy atom. The van der Waals surface area contributed by atoms with Gasteiger partial charge in [0.1, 0.15) is 17.4 Å². The van der Waals surface area contributed by atoms with Gasteiger partial charge in [-0.3, -0.25) is 0 Å². The van der Waals surface area contributed by atoms with Crippen LogP contribution >= 0.6 is 22.6 Å². The summed E-state index contributed by atoms with van der Waals surface area (Å²) in [5.74, 6) is -1.71. The van der Waals surface area contributed by atoms with E-state index in [0.29, 0.717) is 0 Å². The maximum atomic E-state index is 14.4. The number of rotatable bonds is 1. The molecule has 122 valence electrons. The van der Waals surface area contributed by atoms with Crippen LogP contribution in [0.25, 0.3) is 16.6 Å². The molecule has 3 aromatic rings. The highest BCUT2D eigenvalue weighted by Crippen LogP contribution is 2.37. The lowest BCUT2D eigenvalue weighted by Gasteiger charge is -2.06. The predicted octanol–water partition coefficient (Wildman–Crippen LogP) is 4.80. The second kappa shape index (κ2) is 5.70. The molecular formula is C15H5F5IN3. The number of hydrogen-bond donors (Lipinski definition) is 0. The zero-order valence-corrected chi connectivity index (χ0v) is 13.7. The van der Waals surface area contributed by atoms with E-state index in [9.17, 15) is 22.0 Å². The van der Waals surface area contributed by atoms with Gasteiger partial charge in [0.25, 0.3) is 0 Å². The van der Waals surface area contributed by atoms with Crippen LogP contribution in [0.5, 0.6) is 0 Å². The molecule has 3 nitrogen and oxygen atoms in total. The Bertz CT molecular complexity index is 1000. The first-order valence-electron chi connectivity index (χ1n) is 6.38. The first-order valence-corrected chi connectivity index (χ1v) is 7.46. The van der Waals surface area contributed by atoms with Crippen molar-refractivity contribution in [2.45, 2.75) is 6.18 Å². The monoisotopic (exact) mass is 449 g/mol. The lowest BCUT2D eigenvalue weighted by atomic mass is 10.2. The molecule has 0 saturated heterocycles. The van der Waals surface area contributed by atoms with Crippen LogP contribution < -0.4 is 0 Å². The van der Waals surface area contributed by atoms with Gasteiger partial charge in [0.05, 0.1) is 14.8 Å². The summed E-state index contributed by atoms with van der Waals surface area (Å²) < 4.78 is 68.2. The zero-order valence-electron chi connectivity index (χ0n) is 11.5. The molecule has 1 aromatic heterocycles. The molecule has 24 heavy (non-hydrogen) atoms. The maximum absolute atomic E-state index is 14.4. The molecule has 0 radical (unpaired) electrons. The fraction of sp³-hybridized carbons (Fsp3) is 0.0667. The number of fused-ring (bicyclic) bond motifs is 1. The normalized spacial score (nSPS) is 11.7. The average molecular weight is 449 g/mol. The number of hydrogen-bond acceptors (Lipinski definition) is 2. The standard InChI is InChI=1S/C15H5F5IN3/c16-10-3-1-8(5-7(10)6-22)24-13-9(2-4-11(21)12(13)17)14(23-24)15(18,19)20/h1-5H. The van der Waals surface area contributed by atoms with Gasteiger partial charge < -0.3 is 0 Å². The van der Waals surface area contributed by atoms with Crippen molar-refractivity contribution < 1.29 is 22.0 Å². The minimum atomic E-state index is -4.79. The summed E-state index contributed by atoms with van der Waals surface area (Å²) in [5.41, 5.74) is -2.06. The van der Waals surface area contributed by atoms with E-state index in [2.05, 4.69) is 5.10 Å². The van der Waals surface area contributed by atoms with E-state index >= 15 is 0 Å². The van der Waals surface area contributed by atoms with Gasteiger partial charge in [-0.25, -0.2) is 13.5 Å². The van der Waals surface area contributed by atoms with Gasteiger partial charge in [-0.1, -0.05) is 0 Å². The maximum Gasteiger partial charge on any atom is 0.435 e. The molecule has 2 aromatic carbocycles. The summed E-state index contributed by atoms with van der Waals surface area (Å²) in [4.78, 5) is 0. The summed E-state index contributed by atoms with van der Waals surface area (Å²) in [6, 6.07) is 6.98. The predicted molar refractivity (Wildman–Crippen MR) is 83.4 cm³/mol. The lowest BCUT2D eigenvalue weighted by molar-refractivity contribution is -0.140. The minimum absolute atomic E-state index is 0.0469. The third-order valence-corrected chi connectivity index (χ3v) is 4.15. The second-order valence-corrected chi connectivity index (χ2v) is 5.95. The number of alkyl halides is 3. The van der Waals surface area contributed by atoms with Crippen LogP contribution in [0.15, 0.2) is 30.3 Å². The van der Waals surface area contributed by atoms with Crippen molar-refractivity contribution in [1.82, 2.24) is 9.78 Å². The van der Waals surface area contributed by atoms with Crippen LogP contribution in [0.1, 0.15) is 11.3 Å². The van der Waals surface area contributed by atoms with Gasteiger partial charge in [0.15, 0.2) is 11.5 Å². The zero-order chi connectivity index (χ0) is 17.6. The first kappa shape index (κ1) is 16.6. The quantitative estimate of drug-likeness (QED) is 0.396. The fourth-order valence-electron chi connectivity index (χ4n) is 2.27. The van der Waals surface area contributed by atoms with Crippen molar-refractivity contribution in [2.75, 3.05) is 0 Å². The molecule has 0 bridgehead atoms. The van der Waals surface area contributed by atoms with Crippen LogP contribution in [-0.4, -0.2) is 9.78 Å². The van der Waals surface area contributed by atoms with Gasteiger partial charge in [0, 0.05) is 5.39 Å². The molecule has 0 unspecified atom stereocenters. The number of benzene rings is 2.